The van der Waals surface area contributed by atoms with Crippen molar-refractivity contribution in [2.24, 2.45) is 5.92 Å². The number of nitrogens with one attached hydrogen (secondary N) is 1. The molecule has 19 heavy (non-hydrogen) atoms. The van der Waals surface area contributed by atoms with Crippen LogP contribution in [0.15, 0.2) is 24.3 Å². The van der Waals surface area contributed by atoms with E-state index in [9.17, 15) is 0 Å². The zero-order valence-electron chi connectivity index (χ0n) is 12.4. The van der Waals surface area contributed by atoms with E-state index in [1.807, 2.05) is 14.0 Å². The average molecular weight is 262 g/mol. The maximum absolute atomic E-state index is 5.49. The lowest BCUT2D eigenvalue weighted by atomic mass is 10.1. The highest BCUT2D eigenvalue weighted by molar-refractivity contribution is 5.29. The van der Waals surface area contributed by atoms with E-state index in [2.05, 4.69) is 41.4 Å². The summed E-state index contributed by atoms with van der Waals surface area (Å²) in [5.74, 6) is 1.80. The third-order valence-corrected chi connectivity index (χ3v) is 3.89. The van der Waals surface area contributed by atoms with Gasteiger partial charge in [0.1, 0.15) is 5.75 Å². The summed E-state index contributed by atoms with van der Waals surface area (Å²) in [6.07, 6.45) is 1.33. The minimum atomic E-state index is 0.404. The number of likely N-dealkylation sites (tertiary alicyclic amines) is 1. The first-order valence-electron chi connectivity index (χ1n) is 7.35. The first-order valence-corrected chi connectivity index (χ1v) is 7.35. The lowest BCUT2D eigenvalue weighted by Gasteiger charge is -2.24. The van der Waals surface area contributed by atoms with Crippen molar-refractivity contribution in [3.8, 4) is 5.75 Å². The summed E-state index contributed by atoms with van der Waals surface area (Å²) in [6.45, 7) is 8.63. The Morgan fingerprint density at radius 3 is 2.63 bits per heavy atom. The van der Waals surface area contributed by atoms with Crippen molar-refractivity contribution < 1.29 is 4.74 Å². The summed E-state index contributed by atoms with van der Waals surface area (Å²) < 4.78 is 5.49. The van der Waals surface area contributed by atoms with Crippen molar-refractivity contribution in [3.63, 3.8) is 0 Å². The van der Waals surface area contributed by atoms with Gasteiger partial charge in [0.25, 0.3) is 0 Å². The zero-order valence-corrected chi connectivity index (χ0v) is 12.4. The van der Waals surface area contributed by atoms with Crippen molar-refractivity contribution in [2.45, 2.75) is 26.3 Å². The van der Waals surface area contributed by atoms with Gasteiger partial charge in [-0.2, -0.15) is 0 Å². The molecule has 2 unspecified atom stereocenters. The molecule has 0 saturated carbocycles. The standard InChI is InChI=1S/C16H26N2O/c1-4-19-15-7-5-14(6-8-15)16(17-3)12-18-10-9-13(2)11-18/h5-8,13,16-17H,4,9-12H2,1-3H3. The average Bonchev–Trinajstić information content (AvgIpc) is 2.83. The summed E-state index contributed by atoms with van der Waals surface area (Å²) in [7, 11) is 2.04. The summed E-state index contributed by atoms with van der Waals surface area (Å²) in [6, 6.07) is 8.88. The van der Waals surface area contributed by atoms with E-state index in [1.54, 1.807) is 0 Å². The van der Waals surface area contributed by atoms with Gasteiger partial charge in [0.15, 0.2) is 0 Å². The Balaban J connectivity index is 1.96. The molecule has 1 aliphatic rings. The highest BCUT2D eigenvalue weighted by Gasteiger charge is 2.21. The number of rotatable bonds is 6. The highest BCUT2D eigenvalue weighted by Crippen LogP contribution is 2.22. The number of likely N-dealkylation sites (N-methyl/N-ethyl adjacent to an activating group) is 1. The zero-order chi connectivity index (χ0) is 13.7. The monoisotopic (exact) mass is 262 g/mol. The molecule has 1 fully saturated rings. The van der Waals surface area contributed by atoms with Crippen LogP contribution in [0.25, 0.3) is 0 Å². The second-order valence-electron chi connectivity index (χ2n) is 5.50. The third kappa shape index (κ3) is 3.95. The molecule has 0 bridgehead atoms. The molecule has 1 aliphatic heterocycles. The summed E-state index contributed by atoms with van der Waals surface area (Å²) >= 11 is 0. The summed E-state index contributed by atoms with van der Waals surface area (Å²) in [5, 5.41) is 3.43. The molecule has 1 aromatic carbocycles. The van der Waals surface area contributed by atoms with Crippen molar-refractivity contribution >= 4 is 0 Å². The van der Waals surface area contributed by atoms with Crippen LogP contribution in [0.1, 0.15) is 31.9 Å². The van der Waals surface area contributed by atoms with E-state index < -0.39 is 0 Å². The lowest BCUT2D eigenvalue weighted by molar-refractivity contribution is 0.291. The van der Waals surface area contributed by atoms with E-state index in [0.717, 1.165) is 24.8 Å². The maximum atomic E-state index is 5.49. The van der Waals surface area contributed by atoms with Gasteiger partial charge < -0.3 is 15.0 Å². The van der Waals surface area contributed by atoms with Crippen LogP contribution in [0.4, 0.5) is 0 Å². The number of ether oxygens (including phenoxy) is 1. The molecule has 1 aromatic rings. The third-order valence-electron chi connectivity index (χ3n) is 3.89. The van der Waals surface area contributed by atoms with Crippen LogP contribution in [-0.4, -0.2) is 38.2 Å². The fraction of sp³-hybridized carbons (Fsp3) is 0.625. The number of nitrogens with zero attached hydrogens (tertiary/aromatic N) is 1. The minimum Gasteiger partial charge on any atom is -0.494 e. The predicted octanol–water partition coefficient (Wildman–Crippen LogP) is 2.69. The van der Waals surface area contributed by atoms with E-state index in [-0.39, 0.29) is 0 Å². The van der Waals surface area contributed by atoms with Crippen LogP contribution in [0, 0.1) is 5.92 Å². The van der Waals surface area contributed by atoms with Crippen LogP contribution in [-0.2, 0) is 0 Å². The molecule has 106 valence electrons. The molecular formula is C16H26N2O. The minimum absolute atomic E-state index is 0.404. The maximum Gasteiger partial charge on any atom is 0.119 e. The first kappa shape index (κ1) is 14.4. The summed E-state index contributed by atoms with van der Waals surface area (Å²) in [4.78, 5) is 2.56. The lowest BCUT2D eigenvalue weighted by Crippen LogP contribution is -2.32. The molecule has 0 radical (unpaired) electrons. The van der Waals surface area contributed by atoms with Gasteiger partial charge in [0, 0.05) is 19.1 Å². The topological polar surface area (TPSA) is 24.5 Å². The fourth-order valence-corrected chi connectivity index (χ4v) is 2.78. The Hall–Kier alpha value is -1.06. The molecule has 0 aromatic heterocycles. The Labute approximate surface area is 116 Å². The van der Waals surface area contributed by atoms with Crippen LogP contribution in [0.2, 0.25) is 0 Å². The van der Waals surface area contributed by atoms with Crippen LogP contribution >= 0.6 is 0 Å². The van der Waals surface area contributed by atoms with Crippen LogP contribution in [0.5, 0.6) is 5.75 Å². The normalized spacial score (nSPS) is 21.5. The van der Waals surface area contributed by atoms with E-state index in [4.69, 9.17) is 4.74 Å². The van der Waals surface area contributed by atoms with Crippen LogP contribution < -0.4 is 10.1 Å². The van der Waals surface area contributed by atoms with Crippen molar-refractivity contribution in [3.05, 3.63) is 29.8 Å². The predicted molar refractivity (Wildman–Crippen MR) is 79.6 cm³/mol. The van der Waals surface area contributed by atoms with Gasteiger partial charge in [-0.25, -0.2) is 0 Å². The Morgan fingerprint density at radius 1 is 1.37 bits per heavy atom. The molecular weight excluding hydrogens is 236 g/mol. The van der Waals surface area contributed by atoms with Gasteiger partial charge in [0.05, 0.1) is 6.61 Å². The first-order chi connectivity index (χ1) is 9.22. The molecule has 0 spiro atoms. The molecule has 3 heteroatoms. The molecule has 1 N–H and O–H groups in total. The molecule has 1 saturated heterocycles. The molecule has 2 rings (SSSR count). The van der Waals surface area contributed by atoms with E-state index >= 15 is 0 Å². The van der Waals surface area contributed by atoms with Crippen molar-refractivity contribution in [1.29, 1.82) is 0 Å². The molecule has 2 atom stereocenters. The van der Waals surface area contributed by atoms with E-state index in [0.29, 0.717) is 6.04 Å². The van der Waals surface area contributed by atoms with E-state index in [1.165, 1.54) is 25.1 Å². The highest BCUT2D eigenvalue weighted by atomic mass is 16.5. The molecule has 0 amide bonds. The smallest absolute Gasteiger partial charge is 0.119 e. The number of benzene rings is 1. The summed E-state index contributed by atoms with van der Waals surface area (Å²) in [5.41, 5.74) is 1.34. The van der Waals surface area contributed by atoms with Crippen LogP contribution in [0.3, 0.4) is 0 Å². The van der Waals surface area contributed by atoms with Crippen molar-refractivity contribution in [2.75, 3.05) is 33.3 Å². The Morgan fingerprint density at radius 2 is 2.11 bits per heavy atom. The van der Waals surface area contributed by atoms with Gasteiger partial charge in [-0.1, -0.05) is 19.1 Å². The molecule has 1 heterocycles. The quantitative estimate of drug-likeness (QED) is 0.853. The Bertz CT molecular complexity index is 377. The largest absolute Gasteiger partial charge is 0.494 e. The SMILES string of the molecule is CCOc1ccc(C(CN2CCC(C)C2)NC)cc1. The van der Waals surface area contributed by atoms with Crippen molar-refractivity contribution in [1.82, 2.24) is 10.2 Å². The van der Waals surface area contributed by atoms with Gasteiger partial charge in [-0.05, 0) is 50.6 Å². The Kier molecular flexibility index (Phi) is 5.23. The second-order valence-corrected chi connectivity index (χ2v) is 5.50. The molecule has 3 nitrogen and oxygen atoms in total. The van der Waals surface area contributed by atoms with Gasteiger partial charge in [-0.3, -0.25) is 0 Å². The van der Waals surface area contributed by atoms with Gasteiger partial charge >= 0.3 is 0 Å². The fourth-order valence-electron chi connectivity index (χ4n) is 2.78. The number of hydrogen-bond donors (Lipinski definition) is 1. The second kappa shape index (κ2) is 6.92. The van der Waals surface area contributed by atoms with Gasteiger partial charge in [0.2, 0.25) is 0 Å². The van der Waals surface area contributed by atoms with Gasteiger partial charge in [-0.15, -0.1) is 0 Å². The number of hydrogen-bond acceptors (Lipinski definition) is 3. The molecule has 0 aliphatic carbocycles.